The Kier molecular flexibility index (Phi) is 12.4. The first-order chi connectivity index (χ1) is 30.4. The molecule has 0 bridgehead atoms. The minimum absolute atomic E-state index is 0.0931. The van der Waals surface area contributed by atoms with Gasteiger partial charge < -0.3 is 10.2 Å². The Morgan fingerprint density at radius 2 is 1.02 bits per heavy atom. The molecule has 66 heavy (non-hydrogen) atoms. The molecule has 0 unspecified atom stereocenters. The first-order valence-electron chi connectivity index (χ1n) is 16.9. The third kappa shape index (κ3) is 9.85. The van der Waals surface area contributed by atoms with E-state index in [-0.39, 0.29) is 22.8 Å². The fourth-order valence-corrected chi connectivity index (χ4v) is 8.81. The molecule has 0 aliphatic carbocycles. The molecule has 6 aromatic rings. The number of nitrogens with one attached hydrogen (secondary N) is 1. The maximum absolute atomic E-state index is 13.1. The lowest BCUT2D eigenvalue weighted by atomic mass is 10.1. The summed E-state index contributed by atoms with van der Waals surface area (Å²) >= 11 is 0. The van der Waals surface area contributed by atoms with E-state index < -0.39 is 136 Å². The zero-order valence-electron chi connectivity index (χ0n) is 32.0. The van der Waals surface area contributed by atoms with E-state index >= 15 is 0 Å². The lowest BCUT2D eigenvalue weighted by Crippen LogP contribution is -2.14. The van der Waals surface area contributed by atoms with Gasteiger partial charge in [0.15, 0.2) is 17.2 Å². The first kappa shape index (κ1) is 48.2. The number of nitro benzene ring substituents is 1. The van der Waals surface area contributed by atoms with Crippen LogP contribution >= 0.6 is 0 Å². The van der Waals surface area contributed by atoms with Crippen LogP contribution in [-0.2, 0) is 50.6 Å². The summed E-state index contributed by atoms with van der Waals surface area (Å²) in [5.74, 6) is -2.96. The summed E-state index contributed by atoms with van der Waals surface area (Å²) in [6.45, 7) is 1.39. The molecule has 346 valence electrons. The molecule has 0 amide bonds. The third-order valence-electron chi connectivity index (χ3n) is 8.67. The lowest BCUT2D eigenvalue weighted by Gasteiger charge is -2.13. The van der Waals surface area contributed by atoms with Gasteiger partial charge in [0, 0.05) is 12.1 Å². The van der Waals surface area contributed by atoms with Crippen LogP contribution in [0.4, 0.5) is 39.8 Å². The number of hydrogen-bond donors (Lipinski definition) is 8. The number of benzene rings is 5. The number of rotatable bonds is 13. The second kappa shape index (κ2) is 16.9. The van der Waals surface area contributed by atoms with E-state index in [2.05, 4.69) is 35.8 Å². The van der Waals surface area contributed by atoms with Gasteiger partial charge in [0.2, 0.25) is 0 Å². The van der Waals surface area contributed by atoms with Crippen molar-refractivity contribution in [3.05, 3.63) is 99.0 Å². The molecule has 0 radical (unpaired) electrons. The molecular weight excluding hydrogens is 991 g/mol. The van der Waals surface area contributed by atoms with E-state index in [1.165, 1.54) is 19.1 Å². The Labute approximate surface area is 367 Å². The molecule has 8 N–H and O–H groups in total. The van der Waals surface area contributed by atoms with Gasteiger partial charge in [-0.25, -0.2) is 4.68 Å². The summed E-state index contributed by atoms with van der Waals surface area (Å²) in [5, 5.41) is 56.0. The summed E-state index contributed by atoms with van der Waals surface area (Å²) in [4.78, 5) is 17.6. The molecule has 1 heterocycles. The van der Waals surface area contributed by atoms with E-state index in [0.29, 0.717) is 36.4 Å². The second-order valence-corrected chi connectivity index (χ2v) is 20.0. The van der Waals surface area contributed by atoms with E-state index in [4.69, 9.17) is 0 Å². The highest BCUT2D eigenvalue weighted by Gasteiger charge is 2.30. The van der Waals surface area contributed by atoms with Crippen LogP contribution in [0.3, 0.4) is 0 Å². The monoisotopic (exact) mass is 1010 g/mol. The van der Waals surface area contributed by atoms with Crippen molar-refractivity contribution in [2.24, 2.45) is 30.7 Å². The Morgan fingerprint density at radius 1 is 0.561 bits per heavy atom. The summed E-state index contributed by atoms with van der Waals surface area (Å²) < 4.78 is 171. The highest BCUT2D eigenvalue weighted by atomic mass is 32.2. The predicted molar refractivity (Wildman–Crippen MR) is 220 cm³/mol. The predicted octanol–water partition coefficient (Wildman–Crippen LogP) is 5.43. The van der Waals surface area contributed by atoms with Gasteiger partial charge >= 0.3 is 0 Å². The van der Waals surface area contributed by atoms with Gasteiger partial charge in [0.1, 0.15) is 42.3 Å². The van der Waals surface area contributed by atoms with Crippen molar-refractivity contribution in [3.63, 3.8) is 0 Å². The van der Waals surface area contributed by atoms with Gasteiger partial charge in [-0.15, -0.1) is 25.6 Å². The zero-order chi connectivity index (χ0) is 49.1. The van der Waals surface area contributed by atoms with Crippen LogP contribution in [0.5, 0.6) is 11.5 Å². The van der Waals surface area contributed by atoms with Gasteiger partial charge in [-0.05, 0) is 73.0 Å². The molecule has 0 fully saturated rings. The number of nitro groups is 1. The number of H-pyrrole nitrogens is 1. The smallest absolute Gasteiger partial charge is 0.299 e. The molecular formula is C32H23N9O20S5. The zero-order valence-corrected chi connectivity index (χ0v) is 36.1. The summed E-state index contributed by atoms with van der Waals surface area (Å²) in [7, 11) is -26.3. The van der Waals surface area contributed by atoms with E-state index in [9.17, 15) is 90.0 Å². The maximum atomic E-state index is 13.1. The summed E-state index contributed by atoms with van der Waals surface area (Å²) in [6.07, 6.45) is 0. The van der Waals surface area contributed by atoms with Crippen molar-refractivity contribution in [2.45, 2.75) is 31.4 Å². The standard InChI is InChI=1S/C32H23N9O20S5/c1-14-27(32(44)40(39-14)17-3-6-19(7-4-17)62(47,48)49)36-33-16-2-8-20(22(12-16)63(50,51)52)34-37-28-24(65(56,57)58)10-15-11-25(66(59,60)61)29(31(43)26(15)30(28)42)38-35-21-9-5-18(41(45)46)13-23(21)64(53,54)55/h2-13,39,42-43H,1H3,(H,47,48,49)(H,50,51,52)(H,53,54,55)(H,56,57,58)(H,59,60,61). The molecule has 1 aromatic heterocycles. The highest BCUT2D eigenvalue weighted by molar-refractivity contribution is 7.87. The number of phenols is 2. The number of aromatic nitrogens is 2. The highest BCUT2D eigenvalue weighted by Crippen LogP contribution is 2.50. The quantitative estimate of drug-likeness (QED) is 0.0309. The minimum atomic E-state index is -5.54. The average molecular weight is 1010 g/mol. The van der Waals surface area contributed by atoms with Crippen molar-refractivity contribution >= 4 is 101 Å². The number of nitrogens with zero attached hydrogens (tertiary/aromatic N) is 8. The van der Waals surface area contributed by atoms with Crippen LogP contribution in [0.1, 0.15) is 5.69 Å². The molecule has 6 rings (SSSR count). The summed E-state index contributed by atoms with van der Waals surface area (Å²) in [6, 6.07) is 9.22. The molecule has 0 aliphatic heterocycles. The Balaban J connectivity index is 1.46. The minimum Gasteiger partial charge on any atom is -0.505 e. The second-order valence-electron chi connectivity index (χ2n) is 13.0. The number of aryl methyl sites for hydroxylation is 1. The molecule has 0 saturated carbocycles. The molecule has 0 spiro atoms. The Hall–Kier alpha value is -7.28. The molecule has 29 nitrogen and oxygen atoms in total. The molecule has 5 aromatic carbocycles. The number of azo groups is 3. The van der Waals surface area contributed by atoms with Crippen molar-refractivity contribution in [3.8, 4) is 17.2 Å². The largest absolute Gasteiger partial charge is 0.505 e. The summed E-state index contributed by atoms with van der Waals surface area (Å²) in [5.41, 5.74) is -6.60. The van der Waals surface area contributed by atoms with E-state index in [1.54, 1.807) is 0 Å². The van der Waals surface area contributed by atoms with E-state index in [1.807, 2.05) is 0 Å². The number of non-ortho nitro benzene ring substituents is 1. The van der Waals surface area contributed by atoms with Crippen molar-refractivity contribution in [1.29, 1.82) is 0 Å². The van der Waals surface area contributed by atoms with Crippen molar-refractivity contribution < 1.29 is 80.0 Å². The topological polar surface area (TPSA) is 467 Å². The number of hydrogen-bond acceptors (Lipinski definition) is 21. The van der Waals surface area contributed by atoms with Gasteiger partial charge in [-0.2, -0.15) is 47.2 Å². The lowest BCUT2D eigenvalue weighted by molar-refractivity contribution is -0.385. The Bertz CT molecular complexity index is 3810. The van der Waals surface area contributed by atoms with Crippen LogP contribution in [0, 0.1) is 17.0 Å². The van der Waals surface area contributed by atoms with Gasteiger partial charge in [0.05, 0.1) is 32.3 Å². The number of aromatic hydroxyl groups is 2. The molecule has 34 heteroatoms. The van der Waals surface area contributed by atoms with Gasteiger partial charge in [-0.3, -0.25) is 42.8 Å². The Morgan fingerprint density at radius 3 is 1.47 bits per heavy atom. The van der Waals surface area contributed by atoms with Gasteiger partial charge in [-0.1, -0.05) is 0 Å². The van der Waals surface area contributed by atoms with Crippen molar-refractivity contribution in [2.75, 3.05) is 0 Å². The SMILES string of the molecule is Cc1[nH]n(-c2ccc(S(=O)(=O)O)cc2)c(=O)c1N=Nc1ccc(N=Nc2c(S(=O)(=O)O)cc3cc(S(=O)(=O)O)c(N=Nc4ccc([N+](=O)[O-])cc4S(=O)(=O)O)c(O)c3c2O)c(S(=O)(=O)O)c1. The van der Waals surface area contributed by atoms with Crippen molar-refractivity contribution in [1.82, 2.24) is 9.78 Å². The third-order valence-corrected chi connectivity index (χ3v) is 13.0. The first-order valence-corrected chi connectivity index (χ1v) is 24.1. The van der Waals surface area contributed by atoms with Crippen LogP contribution in [-0.4, -0.2) is 89.8 Å². The van der Waals surface area contributed by atoms with Crippen LogP contribution in [0.2, 0.25) is 0 Å². The maximum Gasteiger partial charge on any atom is 0.299 e. The van der Waals surface area contributed by atoms with Crippen LogP contribution in [0.15, 0.2) is 133 Å². The van der Waals surface area contributed by atoms with Crippen LogP contribution < -0.4 is 5.56 Å². The number of fused-ring (bicyclic) bond motifs is 1. The molecule has 0 aliphatic rings. The number of aromatic amines is 1. The molecule has 0 saturated heterocycles. The van der Waals surface area contributed by atoms with Gasteiger partial charge in [0.25, 0.3) is 61.8 Å². The fraction of sp³-hybridized carbons (Fsp3) is 0.0312. The van der Waals surface area contributed by atoms with E-state index in [0.717, 1.165) is 28.9 Å². The van der Waals surface area contributed by atoms with Crippen LogP contribution in [0.25, 0.3) is 16.5 Å². The molecule has 0 atom stereocenters. The number of phenolic OH excluding ortho intramolecular Hbond substituents is 2. The normalized spacial score (nSPS) is 13.1. The average Bonchev–Trinajstić information content (AvgIpc) is 3.49. The fourth-order valence-electron chi connectivity index (χ4n) is 5.73.